The number of fused-ring (bicyclic) bond motifs is 1. The Bertz CT molecular complexity index is 739. The second kappa shape index (κ2) is 5.45. The summed E-state index contributed by atoms with van der Waals surface area (Å²) in [6, 6.07) is 13.4. The number of nitrogens with zero attached hydrogens (tertiary/aromatic N) is 1. The molecule has 2 aromatic carbocycles. The molecule has 0 radical (unpaired) electrons. The third-order valence-electron chi connectivity index (χ3n) is 3.73. The standard InChI is InChI=1S/C17H14BrNO2/c1-2-11-7-8-15-13(9-11)16(20)17(21)19(15)10-12-5-3-4-6-14(12)18/h3-9H,2,10H2,1H3. The molecule has 1 amide bonds. The highest BCUT2D eigenvalue weighted by atomic mass is 79.9. The number of hydrogen-bond acceptors (Lipinski definition) is 2. The van der Waals surface area contributed by atoms with Crippen molar-refractivity contribution in [2.45, 2.75) is 19.9 Å². The van der Waals surface area contributed by atoms with E-state index in [9.17, 15) is 9.59 Å². The van der Waals surface area contributed by atoms with Gasteiger partial charge in [0.15, 0.2) is 0 Å². The highest BCUT2D eigenvalue weighted by molar-refractivity contribution is 9.10. The monoisotopic (exact) mass is 343 g/mol. The van der Waals surface area contributed by atoms with Crippen LogP contribution in [0.15, 0.2) is 46.9 Å². The van der Waals surface area contributed by atoms with Gasteiger partial charge >= 0.3 is 0 Å². The summed E-state index contributed by atoms with van der Waals surface area (Å²) in [6.45, 7) is 2.42. The number of aryl methyl sites for hydroxylation is 1. The number of carbonyl (C=O) groups excluding carboxylic acids is 2. The molecule has 21 heavy (non-hydrogen) atoms. The van der Waals surface area contributed by atoms with E-state index in [1.807, 2.05) is 49.4 Å². The Morgan fingerprint density at radius 2 is 1.86 bits per heavy atom. The van der Waals surface area contributed by atoms with Crippen LogP contribution in [0, 0.1) is 0 Å². The quantitative estimate of drug-likeness (QED) is 0.796. The van der Waals surface area contributed by atoms with Crippen molar-refractivity contribution in [2.75, 3.05) is 4.90 Å². The van der Waals surface area contributed by atoms with Crippen molar-refractivity contribution in [3.63, 3.8) is 0 Å². The number of carbonyl (C=O) groups is 2. The summed E-state index contributed by atoms with van der Waals surface area (Å²) >= 11 is 3.48. The Hall–Kier alpha value is -1.94. The maximum Gasteiger partial charge on any atom is 0.299 e. The fraction of sp³-hybridized carbons (Fsp3) is 0.176. The molecule has 3 nitrogen and oxygen atoms in total. The summed E-state index contributed by atoms with van der Waals surface area (Å²) < 4.78 is 0.934. The van der Waals surface area contributed by atoms with E-state index in [0.717, 1.165) is 22.0 Å². The molecule has 0 aromatic heterocycles. The zero-order valence-electron chi connectivity index (χ0n) is 11.6. The summed E-state index contributed by atoms with van der Waals surface area (Å²) in [5, 5.41) is 0. The minimum atomic E-state index is -0.450. The summed E-state index contributed by atoms with van der Waals surface area (Å²) in [4.78, 5) is 25.9. The van der Waals surface area contributed by atoms with Gasteiger partial charge in [0.05, 0.1) is 17.8 Å². The lowest BCUT2D eigenvalue weighted by Crippen LogP contribution is -2.29. The van der Waals surface area contributed by atoms with E-state index in [0.29, 0.717) is 17.8 Å². The largest absolute Gasteiger partial charge is 0.300 e. The molecule has 2 aromatic rings. The molecular weight excluding hydrogens is 330 g/mol. The number of rotatable bonds is 3. The van der Waals surface area contributed by atoms with Crippen molar-refractivity contribution >= 4 is 33.3 Å². The van der Waals surface area contributed by atoms with E-state index in [1.165, 1.54) is 0 Å². The fourth-order valence-corrected chi connectivity index (χ4v) is 2.93. The maximum absolute atomic E-state index is 12.2. The summed E-state index contributed by atoms with van der Waals surface area (Å²) in [6.07, 6.45) is 0.846. The van der Waals surface area contributed by atoms with Crippen LogP contribution < -0.4 is 4.90 Å². The van der Waals surface area contributed by atoms with Crippen LogP contribution in [0.25, 0.3) is 0 Å². The van der Waals surface area contributed by atoms with Gasteiger partial charge in [-0.2, -0.15) is 0 Å². The van der Waals surface area contributed by atoms with Crippen LogP contribution in [0.1, 0.15) is 28.4 Å². The Labute approximate surface area is 131 Å². The molecule has 0 aliphatic carbocycles. The van der Waals surface area contributed by atoms with Gasteiger partial charge in [0, 0.05) is 4.47 Å². The predicted octanol–water partition coefficient (Wildman–Crippen LogP) is 3.74. The van der Waals surface area contributed by atoms with Crippen molar-refractivity contribution in [1.29, 1.82) is 0 Å². The molecule has 106 valence electrons. The number of amides is 1. The summed E-state index contributed by atoms with van der Waals surface area (Å²) in [5.74, 6) is -0.860. The first kappa shape index (κ1) is 14.0. The van der Waals surface area contributed by atoms with Crippen LogP contribution in [0.4, 0.5) is 5.69 Å². The molecule has 0 saturated heterocycles. The molecule has 0 spiro atoms. The van der Waals surface area contributed by atoms with Crippen LogP contribution in [-0.4, -0.2) is 11.7 Å². The fourth-order valence-electron chi connectivity index (χ4n) is 2.52. The first-order chi connectivity index (χ1) is 10.1. The lowest BCUT2D eigenvalue weighted by molar-refractivity contribution is -0.114. The van der Waals surface area contributed by atoms with Gasteiger partial charge in [-0.25, -0.2) is 0 Å². The molecule has 0 N–H and O–H groups in total. The highest BCUT2D eigenvalue weighted by Crippen LogP contribution is 2.32. The molecule has 4 heteroatoms. The number of ketones is 1. The molecule has 1 aliphatic heterocycles. The minimum Gasteiger partial charge on any atom is -0.300 e. The number of halogens is 1. The number of anilines is 1. The number of Topliss-reactive ketones (excluding diaryl/α,β-unsaturated/α-hetero) is 1. The number of benzene rings is 2. The smallest absolute Gasteiger partial charge is 0.299 e. The van der Waals surface area contributed by atoms with E-state index < -0.39 is 11.7 Å². The Kier molecular flexibility index (Phi) is 3.64. The van der Waals surface area contributed by atoms with Crippen molar-refractivity contribution in [3.05, 3.63) is 63.6 Å². The van der Waals surface area contributed by atoms with E-state index in [4.69, 9.17) is 0 Å². The zero-order valence-corrected chi connectivity index (χ0v) is 13.2. The third-order valence-corrected chi connectivity index (χ3v) is 4.50. The van der Waals surface area contributed by atoms with Crippen LogP contribution in [0.3, 0.4) is 0 Å². The van der Waals surface area contributed by atoms with E-state index in [-0.39, 0.29) is 0 Å². The van der Waals surface area contributed by atoms with Gasteiger partial charge in [0.25, 0.3) is 11.7 Å². The lowest BCUT2D eigenvalue weighted by atomic mass is 10.1. The van der Waals surface area contributed by atoms with Crippen molar-refractivity contribution < 1.29 is 9.59 Å². The van der Waals surface area contributed by atoms with Gasteiger partial charge in [-0.1, -0.05) is 47.1 Å². The molecule has 0 atom stereocenters. The zero-order chi connectivity index (χ0) is 15.0. The van der Waals surface area contributed by atoms with Crippen LogP contribution >= 0.6 is 15.9 Å². The van der Waals surface area contributed by atoms with Gasteiger partial charge in [0.1, 0.15) is 0 Å². The SMILES string of the molecule is CCc1ccc2c(c1)C(=O)C(=O)N2Cc1ccccc1Br. The summed E-state index contributed by atoms with van der Waals surface area (Å²) in [5.41, 5.74) is 3.27. The van der Waals surface area contributed by atoms with Crippen LogP contribution in [0.2, 0.25) is 0 Å². The Balaban J connectivity index is 2.00. The van der Waals surface area contributed by atoms with Crippen molar-refractivity contribution in [1.82, 2.24) is 0 Å². The van der Waals surface area contributed by atoms with E-state index >= 15 is 0 Å². The first-order valence-corrected chi connectivity index (χ1v) is 7.63. The van der Waals surface area contributed by atoms with Gasteiger partial charge in [-0.15, -0.1) is 0 Å². The highest BCUT2D eigenvalue weighted by Gasteiger charge is 2.35. The normalized spacial score (nSPS) is 13.7. The molecule has 0 fully saturated rings. The average molecular weight is 344 g/mol. The van der Waals surface area contributed by atoms with Gasteiger partial charge in [0.2, 0.25) is 0 Å². The van der Waals surface area contributed by atoms with Gasteiger partial charge < -0.3 is 4.90 Å². The molecular formula is C17H14BrNO2. The predicted molar refractivity (Wildman–Crippen MR) is 85.5 cm³/mol. The average Bonchev–Trinajstić information content (AvgIpc) is 2.74. The molecule has 0 unspecified atom stereocenters. The second-order valence-corrected chi connectivity index (χ2v) is 5.87. The van der Waals surface area contributed by atoms with Gasteiger partial charge in [-0.05, 0) is 35.7 Å². The minimum absolute atomic E-state index is 0.393. The first-order valence-electron chi connectivity index (χ1n) is 6.84. The summed E-state index contributed by atoms with van der Waals surface area (Å²) in [7, 11) is 0. The van der Waals surface area contributed by atoms with Crippen molar-refractivity contribution in [3.8, 4) is 0 Å². The molecule has 0 bridgehead atoms. The number of hydrogen-bond donors (Lipinski definition) is 0. The van der Waals surface area contributed by atoms with E-state index in [1.54, 1.807) is 4.90 Å². The Morgan fingerprint density at radius 3 is 2.57 bits per heavy atom. The van der Waals surface area contributed by atoms with Crippen molar-refractivity contribution in [2.24, 2.45) is 0 Å². The topological polar surface area (TPSA) is 37.4 Å². The van der Waals surface area contributed by atoms with Gasteiger partial charge in [-0.3, -0.25) is 9.59 Å². The molecule has 1 heterocycles. The third kappa shape index (κ3) is 2.40. The molecule has 1 aliphatic rings. The van der Waals surface area contributed by atoms with E-state index in [2.05, 4.69) is 15.9 Å². The van der Waals surface area contributed by atoms with Crippen LogP contribution in [-0.2, 0) is 17.8 Å². The van der Waals surface area contributed by atoms with Crippen LogP contribution in [0.5, 0.6) is 0 Å². The lowest BCUT2D eigenvalue weighted by Gasteiger charge is -2.17. The second-order valence-electron chi connectivity index (χ2n) is 5.02. The maximum atomic E-state index is 12.2. The molecule has 3 rings (SSSR count). The Morgan fingerprint density at radius 1 is 1.10 bits per heavy atom. The molecule has 0 saturated carbocycles.